The van der Waals surface area contributed by atoms with Crippen molar-refractivity contribution in [3.63, 3.8) is 0 Å². The Balaban J connectivity index is 2.29. The molecule has 0 aromatic heterocycles. The van der Waals surface area contributed by atoms with Gasteiger partial charge in [0.05, 0.1) is 12.2 Å². The minimum atomic E-state index is -3.53. The molecule has 0 saturated carbocycles. The maximum atomic E-state index is 11.6. The van der Waals surface area contributed by atoms with Gasteiger partial charge in [-0.05, 0) is 18.6 Å². The molecule has 0 saturated heterocycles. The molecule has 0 spiro atoms. The Morgan fingerprint density at radius 3 is 2.81 bits per heavy atom. The van der Waals surface area contributed by atoms with Crippen LogP contribution in [0.25, 0.3) is 0 Å². The predicted octanol–water partition coefficient (Wildman–Crippen LogP) is 1.95. The molecule has 1 aromatic carbocycles. The zero-order chi connectivity index (χ0) is 11.6. The predicted molar refractivity (Wildman–Crippen MR) is 61.0 cm³/mol. The van der Waals surface area contributed by atoms with Crippen LogP contribution in [0.2, 0.25) is 0 Å². The highest BCUT2D eigenvalue weighted by molar-refractivity contribution is 7.90. The Morgan fingerprint density at radius 2 is 2.06 bits per heavy atom. The number of unbranched alkanes of at least 4 members (excludes halogenated alkanes) is 1. The fourth-order valence-electron chi connectivity index (χ4n) is 1.49. The first-order valence-corrected chi connectivity index (χ1v) is 6.66. The number of hydrogen-bond acceptors (Lipinski definition) is 3. The third-order valence-corrected chi connectivity index (χ3v) is 3.65. The highest BCUT2D eigenvalue weighted by Crippen LogP contribution is 2.26. The van der Waals surface area contributed by atoms with Gasteiger partial charge in [0.1, 0.15) is 4.90 Å². The number of nitrogens with zero attached hydrogens (tertiary/aromatic N) is 1. The van der Waals surface area contributed by atoms with Gasteiger partial charge in [0.15, 0.2) is 0 Å². The van der Waals surface area contributed by atoms with Gasteiger partial charge >= 0.3 is 0 Å². The van der Waals surface area contributed by atoms with Crippen LogP contribution in [0.15, 0.2) is 33.6 Å². The second-order valence-corrected chi connectivity index (χ2v) is 5.14. The van der Waals surface area contributed by atoms with E-state index in [0.29, 0.717) is 12.2 Å². The van der Waals surface area contributed by atoms with E-state index >= 15 is 0 Å². The maximum Gasteiger partial charge on any atom is 0.286 e. The lowest BCUT2D eigenvalue weighted by Gasteiger charge is -2.04. The topological polar surface area (TPSA) is 55.7 Å². The largest absolute Gasteiger partial charge is 0.477 e. The third-order valence-electron chi connectivity index (χ3n) is 2.34. The van der Waals surface area contributed by atoms with E-state index in [1.54, 1.807) is 24.3 Å². The van der Waals surface area contributed by atoms with Crippen LogP contribution in [-0.2, 0) is 14.8 Å². The van der Waals surface area contributed by atoms with Crippen LogP contribution in [0.1, 0.15) is 25.3 Å². The third kappa shape index (κ3) is 1.95. The SMILES string of the molecule is CCCCOC1=NS(=O)(=O)c2ccccc21. The summed E-state index contributed by atoms with van der Waals surface area (Å²) in [6.45, 7) is 2.55. The molecule has 0 fully saturated rings. The Morgan fingerprint density at radius 1 is 1.31 bits per heavy atom. The molecular formula is C11H13NO3S. The number of fused-ring (bicyclic) bond motifs is 1. The van der Waals surface area contributed by atoms with Gasteiger partial charge in [-0.1, -0.05) is 25.5 Å². The second-order valence-electron chi connectivity index (χ2n) is 3.57. The average Bonchev–Trinajstić information content (AvgIpc) is 2.52. The summed E-state index contributed by atoms with van der Waals surface area (Å²) in [4.78, 5) is 0.237. The van der Waals surface area contributed by atoms with Crippen molar-refractivity contribution in [1.82, 2.24) is 0 Å². The molecule has 0 radical (unpaired) electrons. The van der Waals surface area contributed by atoms with Gasteiger partial charge in [0.2, 0.25) is 5.90 Å². The van der Waals surface area contributed by atoms with E-state index in [2.05, 4.69) is 4.40 Å². The van der Waals surface area contributed by atoms with E-state index in [1.807, 2.05) is 6.92 Å². The molecule has 1 aliphatic rings. The maximum absolute atomic E-state index is 11.6. The van der Waals surface area contributed by atoms with Crippen LogP contribution in [0.4, 0.5) is 0 Å². The first kappa shape index (κ1) is 11.1. The second kappa shape index (κ2) is 4.25. The van der Waals surface area contributed by atoms with E-state index in [1.165, 1.54) is 0 Å². The van der Waals surface area contributed by atoms with Gasteiger partial charge in [0, 0.05) is 0 Å². The standard InChI is InChI=1S/C11H13NO3S/c1-2-3-8-15-11-9-6-4-5-7-10(9)16(13,14)12-11/h4-7H,2-3,8H2,1H3. The molecule has 1 heterocycles. The van der Waals surface area contributed by atoms with Crippen LogP contribution in [0, 0.1) is 0 Å². The quantitative estimate of drug-likeness (QED) is 0.757. The number of hydrogen-bond donors (Lipinski definition) is 0. The molecule has 16 heavy (non-hydrogen) atoms. The summed E-state index contributed by atoms with van der Waals surface area (Å²) in [5.41, 5.74) is 0.568. The van der Waals surface area contributed by atoms with E-state index in [-0.39, 0.29) is 10.8 Å². The smallest absolute Gasteiger partial charge is 0.286 e. The van der Waals surface area contributed by atoms with Crippen molar-refractivity contribution in [2.24, 2.45) is 4.40 Å². The van der Waals surface area contributed by atoms with Crippen molar-refractivity contribution in [2.75, 3.05) is 6.61 Å². The number of ether oxygens (including phenoxy) is 1. The van der Waals surface area contributed by atoms with Crippen molar-refractivity contribution in [3.8, 4) is 0 Å². The monoisotopic (exact) mass is 239 g/mol. The van der Waals surface area contributed by atoms with Gasteiger partial charge in [-0.25, -0.2) is 0 Å². The van der Waals surface area contributed by atoms with Gasteiger partial charge in [0.25, 0.3) is 10.0 Å². The minimum absolute atomic E-state index is 0.226. The van der Waals surface area contributed by atoms with Crippen LogP contribution >= 0.6 is 0 Å². The molecule has 0 bridgehead atoms. The molecule has 5 heteroatoms. The molecule has 2 rings (SSSR count). The molecule has 0 amide bonds. The van der Waals surface area contributed by atoms with Gasteiger partial charge in [-0.2, -0.15) is 8.42 Å². The molecule has 0 unspecified atom stereocenters. The summed E-state index contributed by atoms with van der Waals surface area (Å²) >= 11 is 0. The summed E-state index contributed by atoms with van der Waals surface area (Å²) in [6, 6.07) is 6.72. The molecule has 0 N–H and O–H groups in total. The zero-order valence-corrected chi connectivity index (χ0v) is 9.83. The first-order valence-electron chi connectivity index (χ1n) is 5.22. The van der Waals surface area contributed by atoms with Crippen molar-refractivity contribution in [2.45, 2.75) is 24.7 Å². The van der Waals surface area contributed by atoms with Gasteiger partial charge < -0.3 is 4.74 Å². The average molecular weight is 239 g/mol. The Kier molecular flexibility index (Phi) is 2.96. The van der Waals surface area contributed by atoms with Crippen LogP contribution in [-0.4, -0.2) is 20.9 Å². The number of sulfonamides is 1. The Bertz CT molecular complexity index is 520. The van der Waals surface area contributed by atoms with Crippen molar-refractivity contribution in [3.05, 3.63) is 29.8 Å². The highest BCUT2D eigenvalue weighted by Gasteiger charge is 2.29. The van der Waals surface area contributed by atoms with Crippen LogP contribution in [0.3, 0.4) is 0 Å². The lowest BCUT2D eigenvalue weighted by molar-refractivity contribution is 0.299. The molecule has 4 nitrogen and oxygen atoms in total. The molecule has 0 atom stereocenters. The van der Waals surface area contributed by atoms with Crippen molar-refractivity contribution in [1.29, 1.82) is 0 Å². The van der Waals surface area contributed by atoms with Crippen molar-refractivity contribution >= 4 is 15.9 Å². The summed E-state index contributed by atoms with van der Waals surface area (Å²) < 4.78 is 32.3. The summed E-state index contributed by atoms with van der Waals surface area (Å²) in [6.07, 6.45) is 1.89. The van der Waals surface area contributed by atoms with Gasteiger partial charge in [-0.15, -0.1) is 4.40 Å². The fraction of sp³-hybridized carbons (Fsp3) is 0.364. The molecule has 86 valence electrons. The van der Waals surface area contributed by atoms with E-state index in [4.69, 9.17) is 4.74 Å². The Labute approximate surface area is 95.0 Å². The molecule has 0 aliphatic carbocycles. The van der Waals surface area contributed by atoms with Crippen molar-refractivity contribution < 1.29 is 13.2 Å². The molecule has 1 aliphatic heterocycles. The minimum Gasteiger partial charge on any atom is -0.477 e. The Hall–Kier alpha value is -1.36. The molecular weight excluding hydrogens is 226 g/mol. The number of rotatable bonds is 3. The lowest BCUT2D eigenvalue weighted by Crippen LogP contribution is -2.05. The fourth-order valence-corrected chi connectivity index (χ4v) is 2.64. The van der Waals surface area contributed by atoms with E-state index in [0.717, 1.165) is 12.8 Å². The molecule has 1 aromatic rings. The zero-order valence-electron chi connectivity index (χ0n) is 9.01. The summed E-state index contributed by atoms with van der Waals surface area (Å²) in [5.74, 6) is 0.226. The van der Waals surface area contributed by atoms with E-state index < -0.39 is 10.0 Å². The number of benzene rings is 1. The van der Waals surface area contributed by atoms with Crippen LogP contribution < -0.4 is 0 Å². The summed E-state index contributed by atoms with van der Waals surface area (Å²) in [7, 11) is -3.53. The first-order chi connectivity index (χ1) is 7.65. The van der Waals surface area contributed by atoms with Gasteiger partial charge in [-0.3, -0.25) is 0 Å². The normalized spacial score (nSPS) is 16.7. The summed E-state index contributed by atoms with van der Waals surface area (Å²) in [5, 5.41) is 0. The lowest BCUT2D eigenvalue weighted by atomic mass is 10.2. The highest BCUT2D eigenvalue weighted by atomic mass is 32.2. The van der Waals surface area contributed by atoms with E-state index in [9.17, 15) is 8.42 Å². The van der Waals surface area contributed by atoms with Crippen LogP contribution in [0.5, 0.6) is 0 Å².